The Morgan fingerprint density at radius 3 is 2.86 bits per heavy atom. The summed E-state index contributed by atoms with van der Waals surface area (Å²) in [7, 11) is 1.98. The summed E-state index contributed by atoms with van der Waals surface area (Å²) in [5, 5.41) is 3.25. The molecule has 3 nitrogen and oxygen atoms in total. The van der Waals surface area contributed by atoms with Crippen molar-refractivity contribution < 1.29 is 4.79 Å². The minimum Gasteiger partial charge on any atom is -0.338 e. The molecule has 1 heterocycles. The second-order valence-electron chi connectivity index (χ2n) is 6.45. The first-order valence-corrected chi connectivity index (χ1v) is 8.31. The lowest BCUT2D eigenvalue weighted by Gasteiger charge is -2.39. The van der Waals surface area contributed by atoms with Gasteiger partial charge >= 0.3 is 0 Å². The molecule has 114 valence electrons. The molecule has 1 aliphatic carbocycles. The van der Waals surface area contributed by atoms with E-state index in [2.05, 4.69) is 34.5 Å². The van der Waals surface area contributed by atoms with Gasteiger partial charge in [-0.05, 0) is 56.7 Å². The molecule has 2 atom stereocenters. The van der Waals surface area contributed by atoms with Gasteiger partial charge < -0.3 is 10.2 Å². The van der Waals surface area contributed by atoms with E-state index >= 15 is 0 Å². The average molecular weight is 286 g/mol. The number of carbonyl (C=O) groups is 1. The molecule has 1 aliphatic heterocycles. The van der Waals surface area contributed by atoms with Crippen LogP contribution in [0.2, 0.25) is 0 Å². The lowest BCUT2D eigenvalue weighted by atomic mass is 9.82. The van der Waals surface area contributed by atoms with Gasteiger partial charge in [0.25, 0.3) is 0 Å². The second kappa shape index (κ2) is 6.61. The second-order valence-corrected chi connectivity index (χ2v) is 6.45. The summed E-state index contributed by atoms with van der Waals surface area (Å²) in [5.41, 5.74) is 2.82. The quantitative estimate of drug-likeness (QED) is 0.925. The largest absolute Gasteiger partial charge is 0.338 e. The molecule has 3 heteroatoms. The lowest BCUT2D eigenvalue weighted by molar-refractivity contribution is -0.139. The highest BCUT2D eigenvalue weighted by Gasteiger charge is 2.32. The van der Waals surface area contributed by atoms with E-state index in [1.807, 2.05) is 7.05 Å². The summed E-state index contributed by atoms with van der Waals surface area (Å²) in [6.07, 6.45) is 6.56. The van der Waals surface area contributed by atoms with Crippen molar-refractivity contribution in [2.24, 2.45) is 5.92 Å². The van der Waals surface area contributed by atoms with Gasteiger partial charge in [0.1, 0.15) is 0 Å². The Balaban J connectivity index is 1.70. The zero-order valence-corrected chi connectivity index (χ0v) is 13.0. The highest BCUT2D eigenvalue weighted by Crippen LogP contribution is 2.28. The Labute approximate surface area is 127 Å². The fraction of sp³-hybridized carbons (Fsp3) is 0.611. The van der Waals surface area contributed by atoms with Gasteiger partial charge in [0.15, 0.2) is 0 Å². The van der Waals surface area contributed by atoms with Gasteiger partial charge in [-0.1, -0.05) is 24.3 Å². The molecule has 1 aromatic rings. The summed E-state index contributed by atoms with van der Waals surface area (Å²) in [6, 6.07) is 9.00. The van der Waals surface area contributed by atoms with E-state index in [1.54, 1.807) is 0 Å². The number of fused-ring (bicyclic) bond motifs is 1. The number of nitrogens with one attached hydrogen (secondary N) is 1. The van der Waals surface area contributed by atoms with Crippen molar-refractivity contribution in [3.05, 3.63) is 35.4 Å². The topological polar surface area (TPSA) is 32.3 Å². The monoisotopic (exact) mass is 286 g/mol. The van der Waals surface area contributed by atoms with E-state index < -0.39 is 0 Å². The number of hydrogen-bond donors (Lipinski definition) is 1. The van der Waals surface area contributed by atoms with Crippen LogP contribution in [0.4, 0.5) is 0 Å². The third-order valence-corrected chi connectivity index (χ3v) is 5.05. The van der Waals surface area contributed by atoms with Crippen LogP contribution in [0.25, 0.3) is 0 Å². The molecule has 0 aromatic heterocycles. The molecule has 21 heavy (non-hydrogen) atoms. The zero-order chi connectivity index (χ0) is 14.7. The first kappa shape index (κ1) is 14.6. The molecule has 2 aliphatic rings. The Morgan fingerprint density at radius 1 is 1.24 bits per heavy atom. The van der Waals surface area contributed by atoms with Crippen LogP contribution in [0.5, 0.6) is 0 Å². The van der Waals surface area contributed by atoms with Crippen LogP contribution in [0.3, 0.4) is 0 Å². The van der Waals surface area contributed by atoms with Crippen LogP contribution in [0.15, 0.2) is 24.3 Å². The van der Waals surface area contributed by atoms with Gasteiger partial charge in [0, 0.05) is 25.0 Å². The average Bonchev–Trinajstić information content (AvgIpc) is 2.54. The van der Waals surface area contributed by atoms with Gasteiger partial charge in [-0.15, -0.1) is 0 Å². The van der Waals surface area contributed by atoms with Crippen LogP contribution >= 0.6 is 0 Å². The fourth-order valence-corrected chi connectivity index (χ4v) is 3.88. The number of amides is 1. The Hall–Kier alpha value is -1.35. The maximum absolute atomic E-state index is 12.9. The molecule has 1 amide bonds. The third kappa shape index (κ3) is 3.13. The van der Waals surface area contributed by atoms with Crippen molar-refractivity contribution in [1.82, 2.24) is 10.2 Å². The number of hydrogen-bond acceptors (Lipinski definition) is 2. The summed E-state index contributed by atoms with van der Waals surface area (Å²) in [6.45, 7) is 1.87. The number of piperidine rings is 1. The number of nitrogens with zero attached hydrogens (tertiary/aromatic N) is 1. The Bertz CT molecular complexity index is 498. The Kier molecular flexibility index (Phi) is 4.59. The van der Waals surface area contributed by atoms with E-state index in [4.69, 9.17) is 0 Å². The molecule has 0 spiro atoms. The molecular formula is C18H26N2O. The first-order chi connectivity index (χ1) is 10.3. The van der Waals surface area contributed by atoms with Gasteiger partial charge in [-0.2, -0.15) is 0 Å². The van der Waals surface area contributed by atoms with Crippen molar-refractivity contribution in [3.8, 4) is 0 Å². The van der Waals surface area contributed by atoms with Crippen LogP contribution in [-0.4, -0.2) is 37.0 Å². The van der Waals surface area contributed by atoms with Crippen molar-refractivity contribution >= 4 is 5.91 Å². The van der Waals surface area contributed by atoms with Crippen LogP contribution < -0.4 is 5.32 Å². The van der Waals surface area contributed by atoms with E-state index in [9.17, 15) is 4.79 Å². The van der Waals surface area contributed by atoms with E-state index in [-0.39, 0.29) is 5.92 Å². The normalized spacial score (nSPS) is 25.5. The predicted molar refractivity (Wildman–Crippen MR) is 85.2 cm³/mol. The zero-order valence-electron chi connectivity index (χ0n) is 13.0. The molecule has 1 saturated heterocycles. The van der Waals surface area contributed by atoms with Crippen LogP contribution in [-0.2, 0) is 17.6 Å². The predicted octanol–water partition coefficient (Wildman–Crippen LogP) is 2.39. The highest BCUT2D eigenvalue weighted by molar-refractivity contribution is 5.80. The minimum absolute atomic E-state index is 0.192. The van der Waals surface area contributed by atoms with Crippen LogP contribution in [0, 0.1) is 5.92 Å². The molecule has 1 N–H and O–H groups in total. The first-order valence-electron chi connectivity index (χ1n) is 8.31. The summed E-state index contributed by atoms with van der Waals surface area (Å²) in [5.74, 6) is 0.585. The molecule has 1 fully saturated rings. The minimum atomic E-state index is 0.192. The number of likely N-dealkylation sites (N-methyl/N-ethyl adjacent to an activating group) is 1. The van der Waals surface area contributed by atoms with Gasteiger partial charge in [-0.25, -0.2) is 0 Å². The number of aryl methyl sites for hydroxylation is 1. The number of likely N-dealkylation sites (tertiary alicyclic amines) is 1. The molecule has 1 aromatic carbocycles. The van der Waals surface area contributed by atoms with Gasteiger partial charge in [0.2, 0.25) is 5.91 Å². The summed E-state index contributed by atoms with van der Waals surface area (Å²) in [4.78, 5) is 15.1. The van der Waals surface area contributed by atoms with E-state index in [1.165, 1.54) is 17.5 Å². The van der Waals surface area contributed by atoms with Gasteiger partial charge in [-0.3, -0.25) is 4.79 Å². The van der Waals surface area contributed by atoms with Gasteiger partial charge in [0.05, 0.1) is 0 Å². The number of rotatable bonds is 3. The summed E-state index contributed by atoms with van der Waals surface area (Å²) >= 11 is 0. The smallest absolute Gasteiger partial charge is 0.226 e. The molecule has 0 radical (unpaired) electrons. The molecule has 3 rings (SSSR count). The summed E-state index contributed by atoms with van der Waals surface area (Å²) < 4.78 is 0. The number of carbonyl (C=O) groups excluding carboxylic acids is 1. The Morgan fingerprint density at radius 2 is 2.05 bits per heavy atom. The van der Waals surface area contributed by atoms with Crippen molar-refractivity contribution in [3.63, 3.8) is 0 Å². The van der Waals surface area contributed by atoms with E-state index in [0.717, 1.165) is 45.2 Å². The molecule has 2 unspecified atom stereocenters. The standard InChI is InChI=1S/C18H26N2O/c1-19-13-17-8-4-5-11-20(17)18(21)16-10-9-14-6-2-3-7-15(14)12-16/h2-3,6-7,16-17,19H,4-5,8-13H2,1H3. The SMILES string of the molecule is CNCC1CCCCN1C(=O)C1CCc2ccccc2C1. The maximum atomic E-state index is 12.9. The van der Waals surface area contributed by atoms with Crippen molar-refractivity contribution in [2.45, 2.75) is 44.6 Å². The molecule has 0 bridgehead atoms. The third-order valence-electron chi connectivity index (χ3n) is 5.05. The van der Waals surface area contributed by atoms with Crippen molar-refractivity contribution in [2.75, 3.05) is 20.1 Å². The molecule has 0 saturated carbocycles. The number of benzene rings is 1. The fourth-order valence-electron chi connectivity index (χ4n) is 3.88. The maximum Gasteiger partial charge on any atom is 0.226 e. The highest BCUT2D eigenvalue weighted by atomic mass is 16.2. The molecular weight excluding hydrogens is 260 g/mol. The van der Waals surface area contributed by atoms with Crippen LogP contribution in [0.1, 0.15) is 36.8 Å². The lowest BCUT2D eigenvalue weighted by Crippen LogP contribution is -2.50. The van der Waals surface area contributed by atoms with Crippen molar-refractivity contribution in [1.29, 1.82) is 0 Å². The van der Waals surface area contributed by atoms with E-state index in [0.29, 0.717) is 11.9 Å².